The Morgan fingerprint density at radius 2 is 2.00 bits per heavy atom. The number of ketones is 1. The van der Waals surface area contributed by atoms with Gasteiger partial charge in [-0.05, 0) is 30.2 Å². The fourth-order valence-electron chi connectivity index (χ4n) is 1.67. The first kappa shape index (κ1) is 10.7. The highest BCUT2D eigenvalue weighted by Gasteiger charge is 2.09. The molecule has 0 aliphatic heterocycles. The predicted molar refractivity (Wildman–Crippen MR) is 64.4 cm³/mol. The minimum Gasteiger partial charge on any atom is -0.497 e. The Kier molecular flexibility index (Phi) is 3.20. The molecule has 16 heavy (non-hydrogen) atoms. The zero-order valence-electron chi connectivity index (χ0n) is 9.27. The molecule has 0 unspecified atom stereocenters. The Morgan fingerprint density at radius 1 is 1.25 bits per heavy atom. The quantitative estimate of drug-likeness (QED) is 0.707. The smallest absolute Gasteiger partial charge is 0.163 e. The molecule has 0 heterocycles. The summed E-state index contributed by atoms with van der Waals surface area (Å²) in [6.07, 6.45) is 7.33. The second-order valence-corrected chi connectivity index (χ2v) is 3.74. The fraction of sp³-hybridized carbons (Fsp3) is 0.214. The zero-order chi connectivity index (χ0) is 11.4. The highest BCUT2D eigenvalue weighted by Crippen LogP contribution is 2.18. The molecule has 82 valence electrons. The van der Waals surface area contributed by atoms with Crippen molar-refractivity contribution in [2.45, 2.75) is 12.8 Å². The molecule has 0 fully saturated rings. The van der Waals surface area contributed by atoms with Gasteiger partial charge in [-0.25, -0.2) is 0 Å². The maximum absolute atomic E-state index is 11.6. The van der Waals surface area contributed by atoms with Crippen molar-refractivity contribution in [3.8, 4) is 5.75 Å². The third kappa shape index (κ3) is 2.40. The van der Waals surface area contributed by atoms with Crippen LogP contribution in [0.15, 0.2) is 42.0 Å². The van der Waals surface area contributed by atoms with Gasteiger partial charge in [0.25, 0.3) is 0 Å². The van der Waals surface area contributed by atoms with Crippen LogP contribution in [0.5, 0.6) is 5.75 Å². The third-order valence-corrected chi connectivity index (χ3v) is 2.60. The van der Waals surface area contributed by atoms with Crippen molar-refractivity contribution >= 4 is 11.9 Å². The van der Waals surface area contributed by atoms with Crippen LogP contribution in [0.3, 0.4) is 0 Å². The predicted octanol–water partition coefficient (Wildman–Crippen LogP) is 3.00. The molecule has 0 saturated carbocycles. The molecule has 2 heteroatoms. The Labute approximate surface area is 95.2 Å². The van der Waals surface area contributed by atoms with E-state index in [0.29, 0.717) is 6.42 Å². The molecule has 2 nitrogen and oxygen atoms in total. The third-order valence-electron chi connectivity index (χ3n) is 2.60. The SMILES string of the molecule is COc1ccc(C=C2C=CCCC2=O)cc1. The molecule has 1 aromatic rings. The largest absolute Gasteiger partial charge is 0.497 e. The van der Waals surface area contributed by atoms with Crippen molar-refractivity contribution in [3.63, 3.8) is 0 Å². The van der Waals surface area contributed by atoms with Crippen molar-refractivity contribution in [3.05, 3.63) is 47.6 Å². The van der Waals surface area contributed by atoms with Gasteiger partial charge in [0.05, 0.1) is 7.11 Å². The van der Waals surface area contributed by atoms with Crippen molar-refractivity contribution < 1.29 is 9.53 Å². The van der Waals surface area contributed by atoms with E-state index >= 15 is 0 Å². The standard InChI is InChI=1S/C14H14O2/c1-16-13-8-6-11(7-9-13)10-12-4-2-3-5-14(12)15/h2,4,6-10H,3,5H2,1H3. The van der Waals surface area contributed by atoms with Gasteiger partial charge in [-0.15, -0.1) is 0 Å². The molecule has 0 amide bonds. The number of allylic oxidation sites excluding steroid dienone is 3. The number of Topliss-reactive ketones (excluding diaryl/α,β-unsaturated/α-hetero) is 1. The lowest BCUT2D eigenvalue weighted by Crippen LogP contribution is -2.03. The van der Waals surface area contributed by atoms with Gasteiger partial charge in [0.15, 0.2) is 5.78 Å². The van der Waals surface area contributed by atoms with Gasteiger partial charge >= 0.3 is 0 Å². The van der Waals surface area contributed by atoms with Gasteiger partial charge in [-0.2, -0.15) is 0 Å². The van der Waals surface area contributed by atoms with E-state index in [1.807, 2.05) is 42.5 Å². The summed E-state index contributed by atoms with van der Waals surface area (Å²) < 4.78 is 5.08. The maximum atomic E-state index is 11.6. The molecule has 0 saturated heterocycles. The average molecular weight is 214 g/mol. The van der Waals surface area contributed by atoms with Crippen molar-refractivity contribution in [2.24, 2.45) is 0 Å². The number of rotatable bonds is 2. The normalized spacial score (nSPS) is 17.8. The molecule has 0 radical (unpaired) electrons. The minimum absolute atomic E-state index is 0.221. The number of methoxy groups -OCH3 is 1. The maximum Gasteiger partial charge on any atom is 0.163 e. The van der Waals surface area contributed by atoms with Gasteiger partial charge in [0.2, 0.25) is 0 Å². The van der Waals surface area contributed by atoms with Crippen LogP contribution in [0.2, 0.25) is 0 Å². The molecule has 2 rings (SSSR count). The van der Waals surface area contributed by atoms with E-state index in [4.69, 9.17) is 4.74 Å². The topological polar surface area (TPSA) is 26.3 Å². The zero-order valence-corrected chi connectivity index (χ0v) is 9.27. The summed E-state index contributed by atoms with van der Waals surface area (Å²) in [4.78, 5) is 11.6. The summed E-state index contributed by atoms with van der Waals surface area (Å²) in [7, 11) is 1.64. The van der Waals surface area contributed by atoms with Crippen molar-refractivity contribution in [1.29, 1.82) is 0 Å². The van der Waals surface area contributed by atoms with Crippen LogP contribution in [0.25, 0.3) is 6.08 Å². The molecule has 1 aliphatic rings. The van der Waals surface area contributed by atoms with Crippen molar-refractivity contribution in [2.75, 3.05) is 7.11 Å². The Balaban J connectivity index is 2.24. The van der Waals surface area contributed by atoms with Crippen LogP contribution in [-0.2, 0) is 4.79 Å². The number of benzene rings is 1. The summed E-state index contributed by atoms with van der Waals surface area (Å²) in [6.45, 7) is 0. The lowest BCUT2D eigenvalue weighted by Gasteiger charge is -2.06. The monoisotopic (exact) mass is 214 g/mol. The molecule has 0 bridgehead atoms. The van der Waals surface area contributed by atoms with Crippen LogP contribution in [0.4, 0.5) is 0 Å². The molecule has 0 spiro atoms. The summed E-state index contributed by atoms with van der Waals surface area (Å²) in [5.41, 5.74) is 1.81. The van der Waals surface area contributed by atoms with Gasteiger partial charge in [-0.3, -0.25) is 4.79 Å². The van der Waals surface area contributed by atoms with Crippen LogP contribution in [0.1, 0.15) is 18.4 Å². The second kappa shape index (κ2) is 4.79. The summed E-state index contributed by atoms with van der Waals surface area (Å²) in [5, 5.41) is 0. The second-order valence-electron chi connectivity index (χ2n) is 3.74. The van der Waals surface area contributed by atoms with Crippen LogP contribution < -0.4 is 4.74 Å². The molecular weight excluding hydrogens is 200 g/mol. The van der Waals surface area contributed by atoms with Gasteiger partial charge < -0.3 is 4.74 Å². The number of carbonyl (C=O) groups excluding carboxylic acids is 1. The number of carbonyl (C=O) groups is 1. The Hall–Kier alpha value is -1.83. The fourth-order valence-corrected chi connectivity index (χ4v) is 1.67. The van der Waals surface area contributed by atoms with Gasteiger partial charge in [0.1, 0.15) is 5.75 Å². The summed E-state index contributed by atoms with van der Waals surface area (Å²) >= 11 is 0. The van der Waals surface area contributed by atoms with E-state index < -0.39 is 0 Å². The molecule has 1 aromatic carbocycles. The summed E-state index contributed by atoms with van der Waals surface area (Å²) in [5.74, 6) is 1.05. The first-order chi connectivity index (χ1) is 7.79. The Bertz CT molecular complexity index is 438. The molecule has 0 N–H and O–H groups in total. The lowest BCUT2D eigenvalue weighted by molar-refractivity contribution is -0.115. The molecule has 0 aromatic heterocycles. The van der Waals surface area contributed by atoms with Crippen LogP contribution in [-0.4, -0.2) is 12.9 Å². The molecular formula is C14H14O2. The van der Waals surface area contributed by atoms with E-state index in [9.17, 15) is 4.79 Å². The lowest BCUT2D eigenvalue weighted by atomic mass is 9.98. The Morgan fingerprint density at radius 3 is 2.62 bits per heavy atom. The van der Waals surface area contributed by atoms with E-state index in [2.05, 4.69) is 0 Å². The number of ether oxygens (including phenoxy) is 1. The first-order valence-corrected chi connectivity index (χ1v) is 5.35. The number of hydrogen-bond acceptors (Lipinski definition) is 2. The van der Waals surface area contributed by atoms with E-state index in [0.717, 1.165) is 23.3 Å². The molecule has 0 atom stereocenters. The minimum atomic E-state index is 0.221. The van der Waals surface area contributed by atoms with Crippen LogP contribution in [0, 0.1) is 0 Å². The summed E-state index contributed by atoms with van der Waals surface area (Å²) in [6, 6.07) is 7.68. The van der Waals surface area contributed by atoms with E-state index in [1.54, 1.807) is 7.11 Å². The van der Waals surface area contributed by atoms with Crippen molar-refractivity contribution in [1.82, 2.24) is 0 Å². The van der Waals surface area contributed by atoms with Gasteiger partial charge in [-0.1, -0.05) is 24.3 Å². The van der Waals surface area contributed by atoms with E-state index in [1.165, 1.54) is 0 Å². The highest BCUT2D eigenvalue weighted by molar-refractivity contribution is 6.03. The highest BCUT2D eigenvalue weighted by atomic mass is 16.5. The first-order valence-electron chi connectivity index (χ1n) is 5.35. The number of hydrogen-bond donors (Lipinski definition) is 0. The van der Waals surface area contributed by atoms with E-state index in [-0.39, 0.29) is 5.78 Å². The van der Waals surface area contributed by atoms with Gasteiger partial charge in [0, 0.05) is 12.0 Å². The molecule has 1 aliphatic carbocycles. The average Bonchev–Trinajstić information content (AvgIpc) is 2.33. The van der Waals surface area contributed by atoms with Crippen LogP contribution >= 0.6 is 0 Å².